The quantitative estimate of drug-likeness (QED) is 0.879. The first-order valence-electron chi connectivity index (χ1n) is 6.29. The molecule has 1 aromatic heterocycles. The average molecular weight is 294 g/mol. The van der Waals surface area contributed by atoms with Gasteiger partial charge in [0.05, 0.1) is 16.3 Å². The lowest BCUT2D eigenvalue weighted by Crippen LogP contribution is -2.18. The first-order valence-corrected chi connectivity index (χ1v) is 7.77. The molecule has 0 saturated carbocycles. The summed E-state index contributed by atoms with van der Waals surface area (Å²) in [6.07, 6.45) is 2.73. The fraction of sp³-hybridized carbons (Fsp3) is 0.308. The summed E-state index contributed by atoms with van der Waals surface area (Å²) in [6, 6.07) is 6.60. The van der Waals surface area contributed by atoms with E-state index >= 15 is 0 Å². The maximum Gasteiger partial charge on any atom is 0.240 e. The molecular weight excluding hydrogens is 276 g/mol. The summed E-state index contributed by atoms with van der Waals surface area (Å²) >= 11 is 0. The van der Waals surface area contributed by atoms with Crippen molar-refractivity contribution in [2.75, 3.05) is 12.4 Å². The Morgan fingerprint density at radius 3 is 2.45 bits per heavy atom. The van der Waals surface area contributed by atoms with Crippen LogP contribution in [0.5, 0.6) is 0 Å². The fourth-order valence-corrected chi connectivity index (χ4v) is 2.62. The normalized spacial score (nSPS) is 11.6. The van der Waals surface area contributed by atoms with E-state index in [4.69, 9.17) is 0 Å². The van der Waals surface area contributed by atoms with Crippen LogP contribution in [0.2, 0.25) is 0 Å². The van der Waals surface area contributed by atoms with Crippen molar-refractivity contribution in [1.29, 1.82) is 0 Å². The number of hydrogen-bond acceptors (Lipinski definition) is 4. The van der Waals surface area contributed by atoms with Crippen molar-refractivity contribution < 1.29 is 8.42 Å². The molecule has 2 aromatic rings. The molecule has 0 spiro atoms. The van der Waals surface area contributed by atoms with Crippen molar-refractivity contribution in [2.24, 2.45) is 7.05 Å². The molecule has 0 amide bonds. The van der Waals surface area contributed by atoms with Crippen LogP contribution < -0.4 is 10.0 Å². The van der Waals surface area contributed by atoms with Crippen LogP contribution in [0.3, 0.4) is 0 Å². The summed E-state index contributed by atoms with van der Waals surface area (Å²) < 4.78 is 27.3. The first kappa shape index (κ1) is 14.5. The van der Waals surface area contributed by atoms with Crippen molar-refractivity contribution >= 4 is 21.4 Å². The Kier molecular flexibility index (Phi) is 4.10. The number of nitrogens with one attached hydrogen (secondary N) is 2. The van der Waals surface area contributed by atoms with Gasteiger partial charge in [-0.15, -0.1) is 0 Å². The molecule has 2 rings (SSSR count). The van der Waals surface area contributed by atoms with Crippen LogP contribution in [0.4, 0.5) is 11.4 Å². The van der Waals surface area contributed by atoms with Crippen LogP contribution >= 0.6 is 0 Å². The van der Waals surface area contributed by atoms with Gasteiger partial charge in [-0.3, -0.25) is 4.68 Å². The number of hydrogen-bond donors (Lipinski definition) is 2. The minimum atomic E-state index is -3.39. The molecule has 0 unspecified atom stereocenters. The lowest BCUT2D eigenvalue weighted by molar-refractivity contribution is 0.588. The maximum atomic E-state index is 11.6. The van der Waals surface area contributed by atoms with Crippen LogP contribution in [-0.2, 0) is 23.5 Å². The van der Waals surface area contributed by atoms with Crippen LogP contribution in [0, 0.1) is 0 Å². The molecule has 1 aromatic carbocycles. The molecular formula is C13H18N4O2S. The van der Waals surface area contributed by atoms with Gasteiger partial charge in [0.1, 0.15) is 0 Å². The Labute approximate surface area is 118 Å². The molecule has 108 valence electrons. The summed E-state index contributed by atoms with van der Waals surface area (Å²) in [6.45, 7) is 2.04. The largest absolute Gasteiger partial charge is 0.353 e. The van der Waals surface area contributed by atoms with Gasteiger partial charge in [-0.2, -0.15) is 5.10 Å². The number of aromatic nitrogens is 2. The van der Waals surface area contributed by atoms with E-state index in [1.54, 1.807) is 28.9 Å². The highest BCUT2D eigenvalue weighted by Gasteiger charge is 2.11. The molecule has 6 nitrogen and oxygen atoms in total. The van der Waals surface area contributed by atoms with Gasteiger partial charge < -0.3 is 5.32 Å². The van der Waals surface area contributed by atoms with Crippen LogP contribution in [0.25, 0.3) is 0 Å². The van der Waals surface area contributed by atoms with E-state index < -0.39 is 10.0 Å². The van der Waals surface area contributed by atoms with Gasteiger partial charge >= 0.3 is 0 Å². The summed E-state index contributed by atoms with van der Waals surface area (Å²) in [5, 5.41) is 7.59. The molecule has 0 aliphatic carbocycles. The molecule has 0 radical (unpaired) electrons. The number of sulfonamides is 1. The van der Waals surface area contributed by atoms with Crippen LogP contribution in [-0.4, -0.2) is 25.2 Å². The highest BCUT2D eigenvalue weighted by molar-refractivity contribution is 7.89. The van der Waals surface area contributed by atoms with Crippen molar-refractivity contribution in [2.45, 2.75) is 18.2 Å². The molecule has 0 aliphatic rings. The number of rotatable bonds is 5. The van der Waals surface area contributed by atoms with Gasteiger partial charge in [-0.25, -0.2) is 13.1 Å². The van der Waals surface area contributed by atoms with E-state index in [2.05, 4.69) is 15.1 Å². The SMILES string of the molecule is CCc1nn(C)cc1Nc1ccc(S(=O)(=O)NC)cc1. The standard InChI is InChI=1S/C13H18N4O2S/c1-4-12-13(9-17(3)16-12)15-10-5-7-11(8-6-10)20(18,19)14-2/h5-9,14-15H,4H2,1-3H3. The van der Waals surface area contributed by atoms with Crippen molar-refractivity contribution in [3.8, 4) is 0 Å². The second-order valence-electron chi connectivity index (χ2n) is 4.37. The zero-order valence-electron chi connectivity index (χ0n) is 11.7. The van der Waals surface area contributed by atoms with Gasteiger partial charge in [0.25, 0.3) is 0 Å². The van der Waals surface area contributed by atoms with Crippen molar-refractivity contribution in [1.82, 2.24) is 14.5 Å². The third kappa shape index (κ3) is 3.00. The Morgan fingerprint density at radius 1 is 1.25 bits per heavy atom. The molecule has 2 N–H and O–H groups in total. The molecule has 0 saturated heterocycles. The highest BCUT2D eigenvalue weighted by Crippen LogP contribution is 2.21. The molecule has 0 fully saturated rings. The lowest BCUT2D eigenvalue weighted by atomic mass is 10.2. The number of nitrogens with zero attached hydrogens (tertiary/aromatic N) is 2. The molecule has 20 heavy (non-hydrogen) atoms. The molecule has 1 heterocycles. The van der Waals surface area contributed by atoms with Crippen molar-refractivity contribution in [3.05, 3.63) is 36.2 Å². The minimum Gasteiger partial charge on any atom is -0.353 e. The van der Waals surface area contributed by atoms with Crippen LogP contribution in [0.1, 0.15) is 12.6 Å². The Balaban J connectivity index is 2.23. The van der Waals surface area contributed by atoms with E-state index in [1.807, 2.05) is 20.2 Å². The van der Waals surface area contributed by atoms with E-state index in [-0.39, 0.29) is 4.90 Å². The number of anilines is 2. The maximum absolute atomic E-state index is 11.6. The minimum absolute atomic E-state index is 0.243. The van der Waals surface area contributed by atoms with Gasteiger partial charge in [0.15, 0.2) is 0 Å². The van der Waals surface area contributed by atoms with E-state index in [1.165, 1.54) is 7.05 Å². The third-order valence-electron chi connectivity index (χ3n) is 2.95. The monoisotopic (exact) mass is 294 g/mol. The first-order chi connectivity index (χ1) is 9.46. The number of benzene rings is 1. The summed E-state index contributed by atoms with van der Waals surface area (Å²) in [4.78, 5) is 0.243. The summed E-state index contributed by atoms with van der Waals surface area (Å²) in [5.74, 6) is 0. The van der Waals surface area contributed by atoms with Gasteiger partial charge in [-0.05, 0) is 37.7 Å². The smallest absolute Gasteiger partial charge is 0.240 e. The number of aryl methyl sites for hydroxylation is 2. The van der Waals surface area contributed by atoms with Gasteiger partial charge in [-0.1, -0.05) is 6.92 Å². The van der Waals surface area contributed by atoms with Crippen molar-refractivity contribution in [3.63, 3.8) is 0 Å². The fourth-order valence-electron chi connectivity index (χ4n) is 1.89. The zero-order chi connectivity index (χ0) is 14.8. The van der Waals surface area contributed by atoms with E-state index in [0.717, 1.165) is 23.5 Å². The molecule has 7 heteroatoms. The highest BCUT2D eigenvalue weighted by atomic mass is 32.2. The average Bonchev–Trinajstić information content (AvgIpc) is 2.79. The van der Waals surface area contributed by atoms with Crippen LogP contribution in [0.15, 0.2) is 35.4 Å². The summed E-state index contributed by atoms with van der Waals surface area (Å²) in [5.41, 5.74) is 2.72. The Hall–Kier alpha value is -1.86. The Bertz CT molecular complexity index is 690. The zero-order valence-corrected chi connectivity index (χ0v) is 12.5. The topological polar surface area (TPSA) is 76.0 Å². The predicted molar refractivity (Wildman–Crippen MR) is 78.6 cm³/mol. The molecule has 0 aliphatic heterocycles. The predicted octanol–water partition coefficient (Wildman–Crippen LogP) is 1.63. The lowest BCUT2D eigenvalue weighted by Gasteiger charge is -2.07. The van der Waals surface area contributed by atoms with E-state index in [9.17, 15) is 8.42 Å². The van der Waals surface area contributed by atoms with Gasteiger partial charge in [0.2, 0.25) is 10.0 Å². The third-order valence-corrected chi connectivity index (χ3v) is 4.38. The Morgan fingerprint density at radius 2 is 1.90 bits per heavy atom. The van der Waals surface area contributed by atoms with Gasteiger partial charge in [0, 0.05) is 18.9 Å². The van der Waals surface area contributed by atoms with E-state index in [0.29, 0.717) is 0 Å². The molecule has 0 bridgehead atoms. The molecule has 0 atom stereocenters. The second-order valence-corrected chi connectivity index (χ2v) is 6.26. The second kappa shape index (κ2) is 5.64. The summed E-state index contributed by atoms with van der Waals surface area (Å²) in [7, 11) is -0.129.